The van der Waals surface area contributed by atoms with E-state index >= 15 is 0 Å². The number of ether oxygens (including phenoxy) is 2. The number of rotatable bonds is 19. The smallest absolute Gasteiger partial charge is 0.227 e. The van der Waals surface area contributed by atoms with Gasteiger partial charge in [-0.2, -0.15) is 5.11 Å². The molecule has 2 amide bonds. The van der Waals surface area contributed by atoms with E-state index in [1.54, 1.807) is 50.2 Å². The van der Waals surface area contributed by atoms with Gasteiger partial charge in [-0.1, -0.05) is 32.4 Å². The maximum atomic E-state index is 14.5. The number of carbonyl (C=O) groups is 5. The fourth-order valence-corrected chi connectivity index (χ4v) is 8.16. The van der Waals surface area contributed by atoms with Crippen LogP contribution in [0.25, 0.3) is 11.1 Å². The molecule has 0 radical (unpaired) electrons. The van der Waals surface area contributed by atoms with E-state index in [1.165, 1.54) is 11.9 Å². The highest BCUT2D eigenvalue weighted by Crippen LogP contribution is 2.41. The summed E-state index contributed by atoms with van der Waals surface area (Å²) in [6.45, 7) is 4.23. The van der Waals surface area contributed by atoms with Crippen molar-refractivity contribution in [2.24, 2.45) is 50.4 Å². The Morgan fingerprint density at radius 1 is 0.948 bits per heavy atom. The lowest BCUT2D eigenvalue weighted by Crippen LogP contribution is -2.46. The number of nitrogens with one attached hydrogen (secondary N) is 1. The predicted molar refractivity (Wildman–Crippen MR) is 218 cm³/mol. The number of Topliss-reactive ketones (excluding diaryl/α,β-unsaturated/α-hetero) is 3. The van der Waals surface area contributed by atoms with Gasteiger partial charge in [-0.3, -0.25) is 24.0 Å². The zero-order valence-electron chi connectivity index (χ0n) is 33.6. The normalized spacial score (nSPS) is 19.4. The number of nitrogens with two attached hydrogens (primary N) is 3. The Morgan fingerprint density at radius 3 is 2.21 bits per heavy atom. The highest BCUT2D eigenvalue weighted by molar-refractivity contribution is 7.90. The van der Waals surface area contributed by atoms with Crippen LogP contribution in [-0.4, -0.2) is 113 Å². The molecule has 2 heterocycles. The highest BCUT2D eigenvalue weighted by Gasteiger charge is 2.37. The van der Waals surface area contributed by atoms with Gasteiger partial charge in [0.25, 0.3) is 0 Å². The van der Waals surface area contributed by atoms with Gasteiger partial charge in [0.1, 0.15) is 52.8 Å². The van der Waals surface area contributed by atoms with E-state index in [0.717, 1.165) is 6.26 Å². The Labute approximate surface area is 339 Å². The molecule has 0 fully saturated rings. The maximum absolute atomic E-state index is 14.5. The SMILES string of the molecule is C[C@@H]1CC(=O)[C@@H](N(C)C(=O)[C@H](CCCCN)CS(C)(=O)=O)c2ccc(OCCN)c(c2)-c2cc(ccc2OCCN)C[C@@H](C(=O)C[C@@H](C)C(=O)C2=NN=NC2)NC1=O. The molecule has 17 nitrogen and oxygen atoms in total. The molecule has 5 atom stereocenters. The molecule has 58 heavy (non-hydrogen) atoms. The fourth-order valence-electron chi connectivity index (χ4n) is 7.12. The molecular formula is C40H56N8O9S. The van der Waals surface area contributed by atoms with Crippen LogP contribution >= 0.6 is 0 Å². The monoisotopic (exact) mass is 824 g/mol. The second-order valence-corrected chi connectivity index (χ2v) is 17.2. The third-order valence-corrected chi connectivity index (χ3v) is 11.1. The minimum absolute atomic E-state index is 0.0248. The van der Waals surface area contributed by atoms with E-state index in [9.17, 15) is 32.4 Å². The summed E-state index contributed by atoms with van der Waals surface area (Å²) in [7, 11) is -2.16. The van der Waals surface area contributed by atoms with E-state index in [0.29, 0.717) is 53.1 Å². The van der Waals surface area contributed by atoms with Gasteiger partial charge in [0.15, 0.2) is 17.3 Å². The average Bonchev–Trinajstić information content (AvgIpc) is 3.73. The van der Waals surface area contributed by atoms with Crippen molar-refractivity contribution in [2.45, 2.75) is 64.5 Å². The van der Waals surface area contributed by atoms with Crippen LogP contribution in [0.5, 0.6) is 11.5 Å². The summed E-state index contributed by atoms with van der Waals surface area (Å²) in [4.78, 5) is 71.0. The molecule has 0 saturated heterocycles. The fraction of sp³-hybridized carbons (Fsp3) is 0.550. The Bertz CT molecular complexity index is 2000. The van der Waals surface area contributed by atoms with Crippen molar-refractivity contribution >= 4 is 44.7 Å². The lowest BCUT2D eigenvalue weighted by Gasteiger charge is -2.32. The van der Waals surface area contributed by atoms with Gasteiger partial charge in [-0.05, 0) is 66.4 Å². The summed E-state index contributed by atoms with van der Waals surface area (Å²) in [5.41, 5.74) is 19.5. The second-order valence-electron chi connectivity index (χ2n) is 15.0. The Hall–Kier alpha value is -4.91. The largest absolute Gasteiger partial charge is 0.492 e. The topological polar surface area (TPSA) is 268 Å². The number of sulfone groups is 1. The number of likely N-dealkylation sites (N-methyl/N-ethyl adjacent to an activating group) is 1. The zero-order chi connectivity index (χ0) is 42.6. The lowest BCUT2D eigenvalue weighted by atomic mass is 9.88. The molecule has 2 aliphatic heterocycles. The van der Waals surface area contributed by atoms with Gasteiger partial charge in [0, 0.05) is 62.2 Å². The molecule has 18 heteroatoms. The third kappa shape index (κ3) is 12.3. The molecule has 4 rings (SSSR count). The van der Waals surface area contributed by atoms with Crippen LogP contribution in [0.3, 0.4) is 0 Å². The first-order valence-corrected chi connectivity index (χ1v) is 21.5. The van der Waals surface area contributed by atoms with Crippen LogP contribution in [0, 0.1) is 17.8 Å². The minimum atomic E-state index is -3.61. The molecule has 7 N–H and O–H groups in total. The Kier molecular flexibility index (Phi) is 16.7. The highest BCUT2D eigenvalue weighted by atomic mass is 32.2. The van der Waals surface area contributed by atoms with Crippen molar-refractivity contribution in [3.63, 3.8) is 0 Å². The molecule has 316 valence electrons. The van der Waals surface area contributed by atoms with Crippen LogP contribution in [0.15, 0.2) is 51.8 Å². The van der Waals surface area contributed by atoms with E-state index in [1.807, 2.05) is 0 Å². The molecule has 0 aromatic heterocycles. The van der Waals surface area contributed by atoms with Gasteiger partial charge in [-0.25, -0.2) is 8.42 Å². The summed E-state index contributed by atoms with van der Waals surface area (Å²) < 4.78 is 37.2. The molecule has 0 aliphatic carbocycles. The molecule has 2 aromatic rings. The van der Waals surface area contributed by atoms with Crippen molar-refractivity contribution in [2.75, 3.05) is 58.4 Å². The number of fused-ring (bicyclic) bond motifs is 5. The van der Waals surface area contributed by atoms with Crippen LogP contribution in [-0.2, 0) is 40.2 Å². The van der Waals surface area contributed by atoms with Gasteiger partial charge in [0.2, 0.25) is 11.8 Å². The van der Waals surface area contributed by atoms with E-state index in [2.05, 4.69) is 20.8 Å². The van der Waals surface area contributed by atoms with Crippen LogP contribution in [0.4, 0.5) is 0 Å². The molecule has 0 saturated carbocycles. The maximum Gasteiger partial charge on any atom is 0.227 e. The number of benzene rings is 2. The van der Waals surface area contributed by atoms with E-state index in [-0.39, 0.29) is 70.0 Å². The second kappa shape index (κ2) is 21.2. The molecule has 2 aliphatic rings. The van der Waals surface area contributed by atoms with Crippen molar-refractivity contribution in [1.29, 1.82) is 0 Å². The quantitative estimate of drug-likeness (QED) is 0.148. The standard InChI is InChI=1S/C40H56N8O9S/c1-24(38(51)32-22-44-47-46-32)17-33(49)31-20-26-8-10-35(56-15-13-42)29(19-26)30-21-27(9-11-36(30)57-16-14-43)37(34(50)18-25(2)39(52)45-31)48(3)40(53)28(7-5-6-12-41)23-58(4,54)55/h8-11,19,21,24-25,28,31,37H,5-7,12-18,20,22-23,41-43H2,1-4H3,(H,45,52)/t24-,25-,28-,31+,37+/m1/s1. The summed E-state index contributed by atoms with van der Waals surface area (Å²) in [5, 5.41) is 13.8. The number of unbranched alkanes of at least 4 members (excludes halogenated alkanes) is 1. The number of amides is 2. The summed E-state index contributed by atoms with van der Waals surface area (Å²) in [6.07, 6.45) is 1.85. The van der Waals surface area contributed by atoms with Crippen molar-refractivity contribution in [1.82, 2.24) is 10.2 Å². The first kappa shape index (κ1) is 45.8. The van der Waals surface area contributed by atoms with Gasteiger partial charge >= 0.3 is 0 Å². The molecule has 0 spiro atoms. The number of nitrogens with zero attached hydrogens (tertiary/aromatic N) is 4. The van der Waals surface area contributed by atoms with Crippen LogP contribution in [0.2, 0.25) is 0 Å². The number of hydrogen-bond acceptors (Lipinski definition) is 15. The minimum Gasteiger partial charge on any atom is -0.492 e. The summed E-state index contributed by atoms with van der Waals surface area (Å²) in [5.74, 6) is -4.75. The van der Waals surface area contributed by atoms with Gasteiger partial charge < -0.3 is 36.9 Å². The van der Waals surface area contributed by atoms with Crippen LogP contribution < -0.4 is 32.0 Å². The average molecular weight is 825 g/mol. The zero-order valence-corrected chi connectivity index (χ0v) is 34.5. The van der Waals surface area contributed by atoms with Crippen molar-refractivity contribution in [3.8, 4) is 22.6 Å². The van der Waals surface area contributed by atoms with Gasteiger partial charge in [-0.15, -0.1) is 5.10 Å². The number of hydrogen-bond donors (Lipinski definition) is 4. The van der Waals surface area contributed by atoms with E-state index < -0.39 is 68.8 Å². The molecular weight excluding hydrogens is 769 g/mol. The first-order chi connectivity index (χ1) is 27.6. The number of ketones is 3. The molecule has 0 unspecified atom stereocenters. The van der Waals surface area contributed by atoms with Crippen molar-refractivity contribution < 1.29 is 41.9 Å². The first-order valence-electron chi connectivity index (χ1n) is 19.5. The van der Waals surface area contributed by atoms with E-state index in [4.69, 9.17) is 26.7 Å². The van der Waals surface area contributed by atoms with Crippen molar-refractivity contribution in [3.05, 3.63) is 47.5 Å². The Balaban J connectivity index is 1.87. The van der Waals surface area contributed by atoms with Crippen LogP contribution in [0.1, 0.15) is 63.1 Å². The third-order valence-electron chi connectivity index (χ3n) is 10.1. The Morgan fingerprint density at radius 2 is 1.60 bits per heavy atom. The molecule has 2 aromatic carbocycles. The summed E-state index contributed by atoms with van der Waals surface area (Å²) in [6, 6.07) is 7.93. The predicted octanol–water partition coefficient (Wildman–Crippen LogP) is 1.94. The summed E-state index contributed by atoms with van der Waals surface area (Å²) >= 11 is 0. The lowest BCUT2D eigenvalue weighted by molar-refractivity contribution is -0.142. The number of carbonyl (C=O) groups excluding carboxylic acids is 5. The molecule has 4 bridgehead atoms. The van der Waals surface area contributed by atoms with Gasteiger partial charge in [0.05, 0.1) is 17.7 Å².